The van der Waals surface area contributed by atoms with Crippen LogP contribution in [0, 0.1) is 6.92 Å². The van der Waals surface area contributed by atoms with Gasteiger partial charge in [0.05, 0.1) is 6.20 Å². The molecule has 0 radical (unpaired) electrons. The third-order valence-corrected chi connectivity index (χ3v) is 3.14. The van der Waals surface area contributed by atoms with Crippen LogP contribution in [0.3, 0.4) is 0 Å². The molecule has 1 aliphatic carbocycles. The number of allylic oxidation sites excluding steroid dienone is 1. The van der Waals surface area contributed by atoms with E-state index >= 15 is 0 Å². The Balaban J connectivity index is 1.85. The van der Waals surface area contributed by atoms with E-state index in [0.717, 1.165) is 32.0 Å². The molecule has 0 aliphatic heterocycles. The molecule has 1 heterocycles. The van der Waals surface area contributed by atoms with Gasteiger partial charge in [-0.25, -0.2) is 0 Å². The van der Waals surface area contributed by atoms with Gasteiger partial charge in [-0.2, -0.15) is 5.10 Å². The molecule has 0 spiro atoms. The van der Waals surface area contributed by atoms with Crippen LogP contribution in [0.5, 0.6) is 0 Å². The number of nitrogens with one attached hydrogen (secondary N) is 1. The first-order valence-corrected chi connectivity index (χ1v) is 6.17. The molecular weight excluding hydrogens is 198 g/mol. The normalized spacial score (nSPS) is 15.3. The van der Waals surface area contributed by atoms with E-state index in [9.17, 15) is 0 Å². The van der Waals surface area contributed by atoms with Crippen molar-refractivity contribution in [2.75, 3.05) is 0 Å². The Kier molecular flexibility index (Phi) is 3.78. The van der Waals surface area contributed by atoms with Crippen molar-refractivity contribution < 1.29 is 0 Å². The number of hydrogen-bond donors (Lipinski definition) is 1. The number of nitrogens with zero attached hydrogens (tertiary/aromatic N) is 2. The summed E-state index contributed by atoms with van der Waals surface area (Å²) in [5.41, 5.74) is 2.64. The molecule has 0 amide bonds. The molecule has 0 atom stereocenters. The monoisotopic (exact) mass is 219 g/mol. The minimum absolute atomic E-state index is 0.767. The van der Waals surface area contributed by atoms with Crippen LogP contribution >= 0.6 is 0 Å². The molecule has 2 rings (SSSR count). The summed E-state index contributed by atoms with van der Waals surface area (Å²) in [4.78, 5) is 0. The van der Waals surface area contributed by atoms with Gasteiger partial charge in [0.1, 0.15) is 0 Å². The maximum absolute atomic E-state index is 4.43. The highest BCUT2D eigenvalue weighted by Gasteiger charge is 2.20. The first-order valence-electron chi connectivity index (χ1n) is 6.17. The summed E-state index contributed by atoms with van der Waals surface area (Å²) in [6, 6.07) is 0.767. The van der Waals surface area contributed by atoms with Gasteiger partial charge in [-0.3, -0.25) is 4.68 Å². The molecule has 1 aromatic heterocycles. The summed E-state index contributed by atoms with van der Waals surface area (Å²) in [5, 5.41) is 7.95. The molecule has 3 nitrogen and oxygen atoms in total. The second-order valence-corrected chi connectivity index (χ2v) is 4.56. The Morgan fingerprint density at radius 1 is 1.62 bits per heavy atom. The molecule has 1 fully saturated rings. The third-order valence-electron chi connectivity index (χ3n) is 3.14. The Bertz CT molecular complexity index is 350. The van der Waals surface area contributed by atoms with Gasteiger partial charge >= 0.3 is 0 Å². The summed E-state index contributed by atoms with van der Waals surface area (Å²) >= 11 is 0. The molecule has 0 aromatic carbocycles. The van der Waals surface area contributed by atoms with Crippen molar-refractivity contribution in [2.24, 2.45) is 0 Å². The fraction of sp³-hybridized carbons (Fsp3) is 0.615. The van der Waals surface area contributed by atoms with Crippen LogP contribution in [0.25, 0.3) is 0 Å². The predicted molar refractivity (Wildman–Crippen MR) is 66.3 cm³/mol. The molecule has 16 heavy (non-hydrogen) atoms. The minimum Gasteiger partial charge on any atom is -0.310 e. The van der Waals surface area contributed by atoms with Crippen LogP contribution in [-0.2, 0) is 13.1 Å². The van der Waals surface area contributed by atoms with Crippen LogP contribution in [0.2, 0.25) is 0 Å². The number of rotatable bonds is 7. The number of hydrogen-bond acceptors (Lipinski definition) is 2. The molecule has 1 N–H and O–H groups in total. The standard InChI is InChI=1S/C13H21N3/c1-3-4-5-8-16-11(2)12(10-15-16)9-14-13-6-7-13/h3,10,13-14H,1,4-9H2,2H3. The number of aryl methyl sites for hydroxylation is 1. The quantitative estimate of drug-likeness (QED) is 0.564. The van der Waals surface area contributed by atoms with E-state index in [0.29, 0.717) is 0 Å². The lowest BCUT2D eigenvalue weighted by molar-refractivity contribution is 0.567. The second kappa shape index (κ2) is 5.30. The average molecular weight is 219 g/mol. The summed E-state index contributed by atoms with van der Waals surface area (Å²) in [6.45, 7) is 7.86. The third kappa shape index (κ3) is 2.95. The Hall–Kier alpha value is -1.09. The van der Waals surface area contributed by atoms with Crippen molar-refractivity contribution in [3.63, 3.8) is 0 Å². The van der Waals surface area contributed by atoms with Crippen LogP contribution in [0.15, 0.2) is 18.9 Å². The maximum Gasteiger partial charge on any atom is 0.0537 e. The lowest BCUT2D eigenvalue weighted by Gasteiger charge is -2.05. The SMILES string of the molecule is C=CCCCn1ncc(CNC2CC2)c1C. The van der Waals surface area contributed by atoms with Crippen LogP contribution < -0.4 is 5.32 Å². The second-order valence-electron chi connectivity index (χ2n) is 4.56. The fourth-order valence-electron chi connectivity index (χ4n) is 1.81. The first-order chi connectivity index (χ1) is 7.81. The van der Waals surface area contributed by atoms with Gasteiger partial charge in [-0.05, 0) is 32.6 Å². The Morgan fingerprint density at radius 3 is 3.12 bits per heavy atom. The van der Waals surface area contributed by atoms with Crippen molar-refractivity contribution in [1.29, 1.82) is 0 Å². The van der Waals surface area contributed by atoms with Crippen LogP contribution in [-0.4, -0.2) is 15.8 Å². The molecule has 0 unspecified atom stereocenters. The molecule has 0 bridgehead atoms. The largest absolute Gasteiger partial charge is 0.310 e. The highest BCUT2D eigenvalue weighted by atomic mass is 15.3. The Labute approximate surface area is 97.5 Å². The summed E-state index contributed by atoms with van der Waals surface area (Å²) in [6.07, 6.45) is 8.84. The van der Waals surface area contributed by atoms with Gasteiger partial charge in [-0.15, -0.1) is 6.58 Å². The zero-order valence-electron chi connectivity index (χ0n) is 10.1. The van der Waals surface area contributed by atoms with Crippen LogP contribution in [0.4, 0.5) is 0 Å². The first kappa shape index (κ1) is 11.4. The van der Waals surface area contributed by atoms with Gasteiger partial charge in [0.25, 0.3) is 0 Å². The van der Waals surface area contributed by atoms with E-state index in [1.165, 1.54) is 24.1 Å². The van der Waals surface area contributed by atoms with Crippen molar-refractivity contribution >= 4 is 0 Å². The van der Waals surface area contributed by atoms with E-state index < -0.39 is 0 Å². The average Bonchev–Trinajstić information content (AvgIpc) is 3.04. The molecule has 1 aliphatic rings. The summed E-state index contributed by atoms with van der Waals surface area (Å²) in [5.74, 6) is 0. The van der Waals surface area contributed by atoms with Gasteiger partial charge in [0.2, 0.25) is 0 Å². The highest BCUT2D eigenvalue weighted by molar-refractivity contribution is 5.16. The van der Waals surface area contributed by atoms with Crippen molar-refractivity contribution in [3.05, 3.63) is 30.1 Å². The van der Waals surface area contributed by atoms with E-state index in [2.05, 4.69) is 28.6 Å². The number of unbranched alkanes of at least 4 members (excludes halogenated alkanes) is 1. The van der Waals surface area contributed by atoms with E-state index in [1.807, 2.05) is 12.3 Å². The van der Waals surface area contributed by atoms with Gasteiger partial charge in [-0.1, -0.05) is 6.08 Å². The van der Waals surface area contributed by atoms with Gasteiger partial charge in [0, 0.05) is 30.4 Å². The molecule has 1 saturated carbocycles. The smallest absolute Gasteiger partial charge is 0.0537 e. The molecular formula is C13H21N3. The molecule has 0 saturated heterocycles. The highest BCUT2D eigenvalue weighted by Crippen LogP contribution is 2.19. The molecule has 88 valence electrons. The predicted octanol–water partition coefficient (Wildman–Crippen LogP) is 2.41. The molecule has 1 aromatic rings. The topological polar surface area (TPSA) is 29.9 Å². The van der Waals surface area contributed by atoms with Crippen molar-refractivity contribution in [2.45, 2.75) is 51.7 Å². The van der Waals surface area contributed by atoms with Crippen LogP contribution in [0.1, 0.15) is 36.9 Å². The van der Waals surface area contributed by atoms with Gasteiger partial charge in [0.15, 0.2) is 0 Å². The number of aromatic nitrogens is 2. The maximum atomic E-state index is 4.43. The lowest BCUT2D eigenvalue weighted by Crippen LogP contribution is -2.15. The van der Waals surface area contributed by atoms with Gasteiger partial charge < -0.3 is 5.32 Å². The zero-order valence-corrected chi connectivity index (χ0v) is 10.1. The van der Waals surface area contributed by atoms with Crippen molar-refractivity contribution in [3.8, 4) is 0 Å². The lowest BCUT2D eigenvalue weighted by atomic mass is 10.2. The molecule has 3 heteroatoms. The van der Waals surface area contributed by atoms with E-state index in [4.69, 9.17) is 0 Å². The minimum atomic E-state index is 0.767. The fourth-order valence-corrected chi connectivity index (χ4v) is 1.81. The zero-order chi connectivity index (χ0) is 11.4. The Morgan fingerprint density at radius 2 is 2.44 bits per heavy atom. The summed E-state index contributed by atoms with van der Waals surface area (Å²) in [7, 11) is 0. The van der Waals surface area contributed by atoms with E-state index in [1.54, 1.807) is 0 Å². The van der Waals surface area contributed by atoms with E-state index in [-0.39, 0.29) is 0 Å². The van der Waals surface area contributed by atoms with Crippen molar-refractivity contribution in [1.82, 2.24) is 15.1 Å². The summed E-state index contributed by atoms with van der Waals surface area (Å²) < 4.78 is 2.10.